The molecule has 1 fully saturated rings. The predicted octanol–water partition coefficient (Wildman–Crippen LogP) is 2.32. The molecule has 176 valence electrons. The van der Waals surface area contributed by atoms with Gasteiger partial charge in [-0.25, -0.2) is 16.8 Å². The summed E-state index contributed by atoms with van der Waals surface area (Å²) in [6.07, 6.45) is 3.27. The summed E-state index contributed by atoms with van der Waals surface area (Å²) >= 11 is 0. The molecule has 1 aliphatic heterocycles. The van der Waals surface area contributed by atoms with Crippen molar-refractivity contribution in [1.29, 1.82) is 0 Å². The van der Waals surface area contributed by atoms with Crippen LogP contribution >= 0.6 is 0 Å². The van der Waals surface area contributed by atoms with Gasteiger partial charge in [-0.15, -0.1) is 0 Å². The van der Waals surface area contributed by atoms with Crippen molar-refractivity contribution in [3.05, 3.63) is 41.9 Å². The van der Waals surface area contributed by atoms with Crippen molar-refractivity contribution in [2.24, 2.45) is 0 Å². The molecule has 0 aliphatic carbocycles. The van der Waals surface area contributed by atoms with Gasteiger partial charge in [0.1, 0.15) is 16.4 Å². The Balaban J connectivity index is 1.56. The van der Waals surface area contributed by atoms with Gasteiger partial charge in [0.25, 0.3) is 5.91 Å². The fourth-order valence-electron chi connectivity index (χ4n) is 3.47. The third-order valence-corrected chi connectivity index (χ3v) is 8.37. The topological polar surface area (TPSA) is 114 Å². The van der Waals surface area contributed by atoms with E-state index in [9.17, 15) is 21.6 Å². The largest absolute Gasteiger partial charge is 0.493 e. The Morgan fingerprint density at radius 3 is 2.50 bits per heavy atom. The summed E-state index contributed by atoms with van der Waals surface area (Å²) in [6, 6.07) is 7.53. The van der Waals surface area contributed by atoms with Crippen LogP contribution in [-0.2, 0) is 19.9 Å². The molecule has 0 N–H and O–H groups in total. The number of furan rings is 1. The molecule has 3 rings (SSSR count). The third-order valence-electron chi connectivity index (χ3n) is 5.25. The summed E-state index contributed by atoms with van der Waals surface area (Å²) in [4.78, 5) is 14.3. The van der Waals surface area contributed by atoms with Crippen molar-refractivity contribution in [2.45, 2.75) is 36.0 Å². The van der Waals surface area contributed by atoms with Gasteiger partial charge in [-0.1, -0.05) is 6.07 Å². The van der Waals surface area contributed by atoms with E-state index >= 15 is 0 Å². The lowest BCUT2D eigenvalue weighted by atomic mass is 10.3. The smallest absolute Gasteiger partial charge is 0.289 e. The van der Waals surface area contributed by atoms with Gasteiger partial charge < -0.3 is 14.1 Å². The molecule has 1 amide bonds. The minimum atomic E-state index is -3.67. The first-order valence-corrected chi connectivity index (χ1v) is 13.6. The van der Waals surface area contributed by atoms with Crippen LogP contribution in [0.5, 0.6) is 5.75 Å². The third kappa shape index (κ3) is 5.51. The summed E-state index contributed by atoms with van der Waals surface area (Å²) in [7, 11) is -5.39. The molecule has 1 aromatic carbocycles. The fraction of sp³-hybridized carbons (Fsp3) is 0.476. The number of carbonyl (C=O) groups excluding carboxylic acids is 1. The van der Waals surface area contributed by atoms with Crippen molar-refractivity contribution in [3.8, 4) is 5.75 Å². The van der Waals surface area contributed by atoms with Gasteiger partial charge in [-0.2, -0.15) is 4.31 Å². The second-order valence-corrected chi connectivity index (χ2v) is 11.7. The standard InChI is InChI=1S/C21H28N2O7S2/c1-16-20(32(27,28)23-11-4-5-12-23)15-19(30-16)21(24)22(2)10-7-13-29-17-8-6-9-18(14-17)31(3,25)26/h6,8-9,14-15H,4-5,7,10-13H2,1-3H3. The predicted molar refractivity (Wildman–Crippen MR) is 118 cm³/mol. The zero-order valence-electron chi connectivity index (χ0n) is 18.4. The summed E-state index contributed by atoms with van der Waals surface area (Å²) in [5, 5.41) is 0. The average molecular weight is 485 g/mol. The number of ether oxygens (including phenoxy) is 1. The molecule has 0 atom stereocenters. The van der Waals surface area contributed by atoms with Crippen molar-refractivity contribution in [1.82, 2.24) is 9.21 Å². The van der Waals surface area contributed by atoms with E-state index in [0.29, 0.717) is 31.8 Å². The van der Waals surface area contributed by atoms with Crippen LogP contribution in [0, 0.1) is 6.92 Å². The number of aryl methyl sites for hydroxylation is 1. The Morgan fingerprint density at radius 1 is 1.16 bits per heavy atom. The molecule has 2 aromatic rings. The minimum Gasteiger partial charge on any atom is -0.493 e. The summed E-state index contributed by atoms with van der Waals surface area (Å²) in [5.74, 6) is 0.183. The summed E-state index contributed by atoms with van der Waals surface area (Å²) in [6.45, 7) is 3.11. The molecule has 32 heavy (non-hydrogen) atoms. The maximum atomic E-state index is 12.8. The molecule has 1 aromatic heterocycles. The zero-order valence-corrected chi connectivity index (χ0v) is 20.0. The highest BCUT2D eigenvalue weighted by molar-refractivity contribution is 7.90. The van der Waals surface area contributed by atoms with Gasteiger partial charge in [0.05, 0.1) is 11.5 Å². The van der Waals surface area contributed by atoms with E-state index < -0.39 is 25.8 Å². The molecular weight excluding hydrogens is 456 g/mol. The van der Waals surface area contributed by atoms with Crippen molar-refractivity contribution in [3.63, 3.8) is 0 Å². The molecule has 0 unspecified atom stereocenters. The van der Waals surface area contributed by atoms with Crippen LogP contribution in [0.2, 0.25) is 0 Å². The highest BCUT2D eigenvalue weighted by Crippen LogP contribution is 2.27. The highest BCUT2D eigenvalue weighted by atomic mass is 32.2. The quantitative estimate of drug-likeness (QED) is 0.502. The summed E-state index contributed by atoms with van der Waals surface area (Å²) in [5.41, 5.74) is 0. The fourth-order valence-corrected chi connectivity index (χ4v) is 5.80. The molecule has 0 bridgehead atoms. The molecule has 0 saturated carbocycles. The Labute approximate surface area is 188 Å². The van der Waals surface area contributed by atoms with Crippen LogP contribution in [0.25, 0.3) is 0 Å². The highest BCUT2D eigenvalue weighted by Gasteiger charge is 2.32. The van der Waals surface area contributed by atoms with Crippen molar-refractivity contribution in [2.75, 3.05) is 39.5 Å². The molecule has 1 saturated heterocycles. The van der Waals surface area contributed by atoms with Crippen molar-refractivity contribution < 1.29 is 30.8 Å². The van der Waals surface area contributed by atoms with E-state index in [1.165, 1.54) is 34.3 Å². The maximum absolute atomic E-state index is 12.8. The number of benzene rings is 1. The van der Waals surface area contributed by atoms with Crippen LogP contribution < -0.4 is 4.74 Å². The first-order chi connectivity index (χ1) is 15.0. The number of sulfonamides is 1. The second kappa shape index (κ2) is 9.63. The van der Waals surface area contributed by atoms with Crippen LogP contribution in [0.1, 0.15) is 35.6 Å². The lowest BCUT2D eigenvalue weighted by molar-refractivity contribution is 0.0755. The number of hydrogen-bond donors (Lipinski definition) is 0. The van der Waals surface area contributed by atoms with Gasteiger partial charge >= 0.3 is 0 Å². The molecule has 11 heteroatoms. The monoisotopic (exact) mass is 484 g/mol. The molecule has 1 aliphatic rings. The van der Waals surface area contributed by atoms with Crippen LogP contribution in [-0.4, -0.2) is 71.5 Å². The van der Waals surface area contributed by atoms with Crippen molar-refractivity contribution >= 4 is 25.8 Å². The molecule has 0 radical (unpaired) electrons. The normalized spacial score (nSPS) is 15.1. The number of amides is 1. The van der Waals surface area contributed by atoms with Gasteiger partial charge in [0, 0.05) is 39.0 Å². The van der Waals surface area contributed by atoms with Crippen LogP contribution in [0.15, 0.2) is 44.5 Å². The number of carbonyl (C=O) groups is 1. The number of sulfone groups is 1. The van der Waals surface area contributed by atoms with E-state index in [-0.39, 0.29) is 27.9 Å². The maximum Gasteiger partial charge on any atom is 0.289 e. The Hall–Kier alpha value is -2.37. The number of nitrogens with zero attached hydrogens (tertiary/aromatic N) is 2. The van der Waals surface area contributed by atoms with Gasteiger partial charge in [0.2, 0.25) is 10.0 Å². The Bertz CT molecular complexity index is 1180. The van der Waals surface area contributed by atoms with E-state index in [4.69, 9.17) is 9.15 Å². The Morgan fingerprint density at radius 2 is 1.84 bits per heavy atom. The first-order valence-electron chi connectivity index (χ1n) is 10.3. The second-order valence-electron chi connectivity index (χ2n) is 7.82. The first kappa shape index (κ1) is 24.3. The molecule has 9 nitrogen and oxygen atoms in total. The minimum absolute atomic E-state index is 0.0236. The zero-order chi connectivity index (χ0) is 23.5. The summed E-state index contributed by atoms with van der Waals surface area (Å²) < 4.78 is 61.3. The molecule has 0 spiro atoms. The number of hydrogen-bond acceptors (Lipinski definition) is 7. The van der Waals surface area contributed by atoms with Gasteiger partial charge in [-0.3, -0.25) is 4.79 Å². The van der Waals surface area contributed by atoms with Gasteiger partial charge in [-0.05, 0) is 44.4 Å². The van der Waals surface area contributed by atoms with E-state index in [2.05, 4.69) is 0 Å². The average Bonchev–Trinajstić information content (AvgIpc) is 3.41. The van der Waals surface area contributed by atoms with Crippen LogP contribution in [0.4, 0.5) is 0 Å². The lowest BCUT2D eigenvalue weighted by Crippen LogP contribution is -2.29. The molecular formula is C21H28N2O7S2. The lowest BCUT2D eigenvalue weighted by Gasteiger charge is -2.16. The molecule has 2 heterocycles. The van der Waals surface area contributed by atoms with E-state index in [1.807, 2.05) is 0 Å². The number of rotatable bonds is 9. The SMILES string of the molecule is Cc1oc(C(=O)N(C)CCCOc2cccc(S(C)(=O)=O)c2)cc1S(=O)(=O)N1CCCC1. The van der Waals surface area contributed by atoms with Crippen LogP contribution in [0.3, 0.4) is 0 Å². The van der Waals surface area contributed by atoms with E-state index in [1.54, 1.807) is 19.2 Å². The Kier molecular flexibility index (Phi) is 7.31. The van der Waals surface area contributed by atoms with Gasteiger partial charge in [0.15, 0.2) is 15.6 Å². The van der Waals surface area contributed by atoms with E-state index in [0.717, 1.165) is 19.1 Å².